The summed E-state index contributed by atoms with van der Waals surface area (Å²) in [5, 5.41) is 2.82. The van der Waals surface area contributed by atoms with E-state index in [4.69, 9.17) is 0 Å². The van der Waals surface area contributed by atoms with Crippen molar-refractivity contribution in [2.24, 2.45) is 0 Å². The van der Waals surface area contributed by atoms with Crippen LogP contribution in [0.5, 0.6) is 0 Å². The molecule has 1 fully saturated rings. The molecule has 2 heterocycles. The molecule has 0 radical (unpaired) electrons. The van der Waals surface area contributed by atoms with Crippen LogP contribution in [-0.2, 0) is 21.2 Å². The second kappa shape index (κ2) is 9.84. The van der Waals surface area contributed by atoms with Gasteiger partial charge in [-0.2, -0.15) is 4.31 Å². The summed E-state index contributed by atoms with van der Waals surface area (Å²) in [6.45, 7) is 4.52. The molecule has 0 bridgehead atoms. The molecular weight excluding hydrogens is 388 g/mol. The van der Waals surface area contributed by atoms with Crippen LogP contribution in [0.2, 0.25) is 0 Å². The minimum atomic E-state index is -3.32. The summed E-state index contributed by atoms with van der Waals surface area (Å²) in [6.07, 6.45) is 2.46. The molecule has 1 aliphatic rings. The number of hydrogen-bond acceptors (Lipinski definition) is 5. The minimum absolute atomic E-state index is 0.0430. The number of aryl methyl sites for hydroxylation is 1. The molecule has 1 aromatic heterocycles. The third-order valence-corrected chi connectivity index (χ3v) is 6.91. The highest BCUT2D eigenvalue weighted by molar-refractivity contribution is 7.89. The Hall–Kier alpha value is -2.45. The molecule has 0 saturated carbocycles. The highest BCUT2D eigenvalue weighted by Crippen LogP contribution is 2.15. The Labute approximate surface area is 172 Å². The van der Waals surface area contributed by atoms with E-state index in [0.717, 1.165) is 16.9 Å². The summed E-state index contributed by atoms with van der Waals surface area (Å²) in [5.74, 6) is 0.833. The van der Waals surface area contributed by atoms with Gasteiger partial charge < -0.3 is 10.2 Å². The maximum Gasteiger partial charge on any atom is 0.224 e. The smallest absolute Gasteiger partial charge is 0.224 e. The van der Waals surface area contributed by atoms with Crippen LogP contribution < -0.4 is 10.2 Å². The van der Waals surface area contributed by atoms with E-state index in [1.165, 1.54) is 0 Å². The highest BCUT2D eigenvalue weighted by atomic mass is 32.2. The second-order valence-corrected chi connectivity index (χ2v) is 9.35. The topological polar surface area (TPSA) is 82.6 Å². The molecule has 0 unspecified atom stereocenters. The molecule has 29 heavy (non-hydrogen) atoms. The molecule has 3 rings (SSSR count). The number of carbonyl (C=O) groups is 1. The molecule has 7 nitrogen and oxygen atoms in total. The summed E-state index contributed by atoms with van der Waals surface area (Å²) >= 11 is 0. The molecule has 0 aliphatic carbocycles. The van der Waals surface area contributed by atoms with Gasteiger partial charge in [0.1, 0.15) is 5.82 Å². The lowest BCUT2D eigenvalue weighted by Gasteiger charge is -2.34. The van der Waals surface area contributed by atoms with Crippen LogP contribution in [0.15, 0.2) is 48.7 Å². The molecule has 1 aliphatic heterocycles. The van der Waals surface area contributed by atoms with Gasteiger partial charge in [0.05, 0.1) is 12.2 Å². The van der Waals surface area contributed by atoms with Crippen molar-refractivity contribution in [1.29, 1.82) is 0 Å². The first-order chi connectivity index (χ1) is 13.9. The number of hydrogen-bond donors (Lipinski definition) is 1. The molecule has 156 valence electrons. The predicted molar refractivity (Wildman–Crippen MR) is 114 cm³/mol. The summed E-state index contributed by atoms with van der Waals surface area (Å²) in [7, 11) is -3.32. The first-order valence-electron chi connectivity index (χ1n) is 9.90. The largest absolute Gasteiger partial charge is 0.356 e. The number of amides is 1. The van der Waals surface area contributed by atoms with Gasteiger partial charge >= 0.3 is 0 Å². The second-order valence-electron chi connectivity index (χ2n) is 7.26. The van der Waals surface area contributed by atoms with Gasteiger partial charge in [0.2, 0.25) is 15.9 Å². The van der Waals surface area contributed by atoms with Crippen LogP contribution in [0.4, 0.5) is 5.82 Å². The van der Waals surface area contributed by atoms with Gasteiger partial charge in [0.25, 0.3) is 0 Å². The monoisotopic (exact) mass is 416 g/mol. The van der Waals surface area contributed by atoms with Crippen molar-refractivity contribution < 1.29 is 13.2 Å². The van der Waals surface area contributed by atoms with Crippen LogP contribution in [0.3, 0.4) is 0 Å². The number of anilines is 1. The van der Waals surface area contributed by atoms with E-state index in [1.54, 1.807) is 10.5 Å². The Balaban J connectivity index is 1.38. The molecule has 1 saturated heterocycles. The molecule has 0 spiro atoms. The zero-order chi connectivity index (χ0) is 20.7. The van der Waals surface area contributed by atoms with Gasteiger partial charge in [0, 0.05) is 38.9 Å². The van der Waals surface area contributed by atoms with Gasteiger partial charge in [-0.25, -0.2) is 13.4 Å². The molecule has 2 aromatic rings. The van der Waals surface area contributed by atoms with Crippen LogP contribution >= 0.6 is 0 Å². The SMILES string of the molecule is Cc1cccc(CC(=O)NCCCS(=O)(=O)N2CCN(c3ccccn3)CC2)c1. The van der Waals surface area contributed by atoms with Gasteiger partial charge in [0.15, 0.2) is 0 Å². The van der Waals surface area contributed by atoms with E-state index in [-0.39, 0.29) is 11.7 Å². The lowest BCUT2D eigenvalue weighted by Crippen LogP contribution is -2.49. The molecule has 1 amide bonds. The Morgan fingerprint density at radius 1 is 1.10 bits per heavy atom. The molecule has 8 heteroatoms. The summed E-state index contributed by atoms with van der Waals surface area (Å²) in [6, 6.07) is 13.5. The zero-order valence-electron chi connectivity index (χ0n) is 16.8. The lowest BCUT2D eigenvalue weighted by atomic mass is 10.1. The number of nitrogens with one attached hydrogen (secondary N) is 1. The van der Waals surface area contributed by atoms with Gasteiger partial charge in [-0.05, 0) is 31.0 Å². The zero-order valence-corrected chi connectivity index (χ0v) is 17.6. The highest BCUT2D eigenvalue weighted by Gasteiger charge is 2.26. The number of rotatable bonds is 8. The third-order valence-electron chi connectivity index (χ3n) is 4.95. The predicted octanol–water partition coefficient (Wildman–Crippen LogP) is 1.59. The first kappa shape index (κ1) is 21.3. The molecule has 0 atom stereocenters. The van der Waals surface area contributed by atoms with Crippen LogP contribution in [0.1, 0.15) is 17.5 Å². The van der Waals surface area contributed by atoms with E-state index in [9.17, 15) is 13.2 Å². The Bertz CT molecular complexity index is 911. The van der Waals surface area contributed by atoms with Crippen LogP contribution in [0, 0.1) is 6.92 Å². The Kier molecular flexibility index (Phi) is 7.22. The maximum absolute atomic E-state index is 12.6. The first-order valence-corrected chi connectivity index (χ1v) is 11.5. The van der Waals surface area contributed by atoms with E-state index in [1.807, 2.05) is 49.4 Å². The van der Waals surface area contributed by atoms with Crippen molar-refractivity contribution in [2.45, 2.75) is 19.8 Å². The van der Waals surface area contributed by atoms with E-state index in [0.29, 0.717) is 45.6 Å². The Morgan fingerprint density at radius 3 is 2.59 bits per heavy atom. The minimum Gasteiger partial charge on any atom is -0.356 e. The number of benzene rings is 1. The summed E-state index contributed by atoms with van der Waals surface area (Å²) in [4.78, 5) is 18.5. The average Bonchev–Trinajstić information content (AvgIpc) is 2.72. The standard InChI is InChI=1S/C21H28N4O3S/c1-18-6-4-7-19(16-18)17-21(26)23-10-5-15-29(27,28)25-13-11-24(12-14-25)20-8-2-3-9-22-20/h2-4,6-9,16H,5,10-15,17H2,1H3,(H,23,26). The van der Waals surface area contributed by atoms with Crippen molar-refractivity contribution in [3.63, 3.8) is 0 Å². The third kappa shape index (κ3) is 6.27. The normalized spacial score (nSPS) is 15.3. The lowest BCUT2D eigenvalue weighted by molar-refractivity contribution is -0.120. The summed E-state index contributed by atoms with van der Waals surface area (Å²) < 4.78 is 26.7. The quantitative estimate of drug-likeness (QED) is 0.661. The van der Waals surface area contributed by atoms with Crippen molar-refractivity contribution in [3.8, 4) is 0 Å². The number of carbonyl (C=O) groups excluding carboxylic acids is 1. The van der Waals surface area contributed by atoms with Crippen molar-refractivity contribution >= 4 is 21.7 Å². The maximum atomic E-state index is 12.6. The number of pyridine rings is 1. The van der Waals surface area contributed by atoms with Crippen molar-refractivity contribution in [2.75, 3.05) is 43.4 Å². The fourth-order valence-corrected chi connectivity index (χ4v) is 4.90. The van der Waals surface area contributed by atoms with Gasteiger partial charge in [-0.1, -0.05) is 35.9 Å². The fourth-order valence-electron chi connectivity index (χ4n) is 3.42. The van der Waals surface area contributed by atoms with Crippen molar-refractivity contribution in [3.05, 3.63) is 59.8 Å². The van der Waals surface area contributed by atoms with Gasteiger partial charge in [-0.15, -0.1) is 0 Å². The van der Waals surface area contributed by atoms with E-state index in [2.05, 4.69) is 15.2 Å². The Morgan fingerprint density at radius 2 is 1.90 bits per heavy atom. The average molecular weight is 417 g/mol. The number of nitrogens with zero attached hydrogens (tertiary/aromatic N) is 3. The molecule has 1 N–H and O–H groups in total. The van der Waals surface area contributed by atoms with E-state index < -0.39 is 10.0 Å². The van der Waals surface area contributed by atoms with Gasteiger partial charge in [-0.3, -0.25) is 4.79 Å². The number of aromatic nitrogens is 1. The number of piperazine rings is 1. The molecule has 1 aromatic carbocycles. The van der Waals surface area contributed by atoms with E-state index >= 15 is 0 Å². The van der Waals surface area contributed by atoms with Crippen LogP contribution in [-0.4, -0.2) is 62.1 Å². The van der Waals surface area contributed by atoms with Crippen molar-refractivity contribution in [1.82, 2.24) is 14.6 Å². The molecular formula is C21H28N4O3S. The van der Waals surface area contributed by atoms with Crippen LogP contribution in [0.25, 0.3) is 0 Å². The number of sulfonamides is 1. The fraction of sp³-hybridized carbons (Fsp3) is 0.429. The summed E-state index contributed by atoms with van der Waals surface area (Å²) in [5.41, 5.74) is 2.07.